The minimum absolute atomic E-state index is 0.199. The molecule has 0 aromatic carbocycles. The van der Waals surface area contributed by atoms with Crippen LogP contribution in [0.2, 0.25) is 0 Å². The maximum absolute atomic E-state index is 12.9. The average molecular weight is 787 g/mol. The van der Waals surface area contributed by atoms with Crippen molar-refractivity contribution in [2.24, 2.45) is 88.8 Å². The van der Waals surface area contributed by atoms with Crippen LogP contribution in [0.15, 0.2) is 36.5 Å². The summed E-state index contributed by atoms with van der Waals surface area (Å²) in [5.41, 5.74) is 4.10. The van der Waals surface area contributed by atoms with Crippen LogP contribution in [-0.4, -0.2) is 11.2 Å². The highest BCUT2D eigenvalue weighted by Gasteiger charge is 2.46. The summed E-state index contributed by atoms with van der Waals surface area (Å²) in [4.78, 5) is 0. The normalized spacial score (nSPS) is 33.2. The molecule has 0 aliphatic heterocycles. The van der Waals surface area contributed by atoms with E-state index in [9.17, 15) is 5.11 Å². The minimum Gasteiger partial charge on any atom is -0.393 e. The molecule has 0 heterocycles. The van der Waals surface area contributed by atoms with Crippen molar-refractivity contribution in [3.63, 3.8) is 0 Å². The van der Waals surface area contributed by atoms with E-state index < -0.39 is 0 Å². The Balaban J connectivity index is 1.29. The van der Waals surface area contributed by atoms with Gasteiger partial charge < -0.3 is 5.11 Å². The molecule has 5 fully saturated rings. The Hall–Kier alpha value is -0.820. The van der Waals surface area contributed by atoms with Crippen LogP contribution in [0.3, 0.4) is 0 Å². The molecule has 57 heavy (non-hydrogen) atoms. The van der Waals surface area contributed by atoms with Gasteiger partial charge >= 0.3 is 0 Å². The van der Waals surface area contributed by atoms with Crippen LogP contribution in [0.1, 0.15) is 222 Å². The van der Waals surface area contributed by atoms with Gasteiger partial charge in [-0.15, -0.1) is 0 Å². The standard InChI is InChI=1S/C56H98O/c1-11-23-47-36-52(53(37-47)56(57)55(49-30-20-15-21-31-49)39(4)33-34-46-26-16-13-17-27-46)44(9)43(8)51(24-12-2)42(7)41(6)40(5)35-50-32-22-25-38(3)54(45(50)10)48-28-18-14-19-29-48/h38-40,43,45-57H,6-7,9,11-37H2,1-5,8,10H3/t38-,39?,40?,43?,45?,47+,50?,51?,52?,53?,54?,55?,56?/m0/s1. The SMILES string of the molecule is C=C(C(=C)C(CCC)C(C)C(=C)C1C[C@@H](CCC)CC1C(O)C(C(C)CCC1CCCCC1)C1CCCCC1)C(C)CC1CCC[C@H](C)C(C2CCCCC2)C1C. The lowest BCUT2D eigenvalue weighted by molar-refractivity contribution is -0.0251. The van der Waals surface area contributed by atoms with E-state index in [0.717, 1.165) is 47.8 Å². The van der Waals surface area contributed by atoms with Crippen LogP contribution >= 0.6 is 0 Å². The lowest BCUT2D eigenvalue weighted by atomic mass is 9.64. The number of hydrogen-bond acceptors (Lipinski definition) is 1. The number of aliphatic hydroxyl groups excluding tert-OH is 1. The number of hydrogen-bond donors (Lipinski definition) is 1. The van der Waals surface area contributed by atoms with E-state index in [1.807, 2.05) is 0 Å². The summed E-state index contributed by atoms with van der Waals surface area (Å²) in [6.07, 6.45) is 36.6. The van der Waals surface area contributed by atoms with Gasteiger partial charge in [-0.3, -0.25) is 0 Å². The molecule has 1 N–H and O–H groups in total. The monoisotopic (exact) mass is 787 g/mol. The van der Waals surface area contributed by atoms with Gasteiger partial charge in [0.15, 0.2) is 0 Å². The van der Waals surface area contributed by atoms with Gasteiger partial charge in [0.1, 0.15) is 0 Å². The first-order valence-electron chi connectivity index (χ1n) is 26.2. The Labute approximate surface area is 357 Å². The van der Waals surface area contributed by atoms with E-state index in [2.05, 4.69) is 48.5 Å². The predicted molar refractivity (Wildman–Crippen MR) is 250 cm³/mol. The van der Waals surface area contributed by atoms with Gasteiger partial charge in [0.25, 0.3) is 0 Å². The second-order valence-corrected chi connectivity index (χ2v) is 22.4. The average Bonchev–Trinajstić information content (AvgIpc) is 3.60. The molecule has 0 aromatic heterocycles. The maximum Gasteiger partial charge on any atom is 0.0607 e. The summed E-state index contributed by atoms with van der Waals surface area (Å²) in [5, 5.41) is 12.9. The molecular formula is C56H98O. The van der Waals surface area contributed by atoms with Gasteiger partial charge in [-0.2, -0.15) is 0 Å². The summed E-state index contributed by atoms with van der Waals surface area (Å²) in [5.74, 6) is 9.76. The van der Waals surface area contributed by atoms with Gasteiger partial charge in [0, 0.05) is 0 Å². The van der Waals surface area contributed by atoms with Gasteiger partial charge in [0.2, 0.25) is 0 Å². The first kappa shape index (κ1) is 47.2. The molecule has 13 atom stereocenters. The summed E-state index contributed by atoms with van der Waals surface area (Å²) in [6, 6.07) is 0. The van der Waals surface area contributed by atoms with Crippen molar-refractivity contribution in [3.8, 4) is 0 Å². The first-order valence-corrected chi connectivity index (χ1v) is 26.2. The van der Waals surface area contributed by atoms with E-state index in [4.69, 9.17) is 19.7 Å². The van der Waals surface area contributed by atoms with Crippen LogP contribution in [-0.2, 0) is 0 Å². The third-order valence-corrected chi connectivity index (χ3v) is 18.7. The number of aliphatic hydroxyl groups is 1. The predicted octanol–water partition coefficient (Wildman–Crippen LogP) is 17.0. The molecule has 5 saturated carbocycles. The van der Waals surface area contributed by atoms with Crippen molar-refractivity contribution < 1.29 is 5.11 Å². The van der Waals surface area contributed by atoms with E-state index in [1.165, 1.54) is 184 Å². The Morgan fingerprint density at radius 2 is 1.28 bits per heavy atom. The number of allylic oxidation sites excluding steroid dienone is 3. The van der Waals surface area contributed by atoms with Gasteiger partial charge in [-0.05, 0) is 126 Å². The highest BCUT2D eigenvalue weighted by Crippen LogP contribution is 2.53. The Morgan fingerprint density at radius 3 is 1.91 bits per heavy atom. The Bertz CT molecular complexity index is 1190. The zero-order valence-electron chi connectivity index (χ0n) is 39.4. The summed E-state index contributed by atoms with van der Waals surface area (Å²) in [6.45, 7) is 32.4. The van der Waals surface area contributed by atoms with E-state index in [-0.39, 0.29) is 6.10 Å². The molecule has 0 spiro atoms. The molecule has 11 unspecified atom stereocenters. The van der Waals surface area contributed by atoms with Gasteiger partial charge in [-0.1, -0.05) is 221 Å². The Kier molecular flexibility index (Phi) is 19.4. The van der Waals surface area contributed by atoms with Crippen molar-refractivity contribution in [2.45, 2.75) is 228 Å². The molecule has 0 bridgehead atoms. The van der Waals surface area contributed by atoms with Gasteiger partial charge in [-0.25, -0.2) is 0 Å². The summed E-state index contributed by atoms with van der Waals surface area (Å²) in [7, 11) is 0. The fourth-order valence-corrected chi connectivity index (χ4v) is 15.2. The highest BCUT2D eigenvalue weighted by atomic mass is 16.3. The first-order chi connectivity index (χ1) is 27.5. The second kappa shape index (κ2) is 23.4. The number of rotatable bonds is 20. The summed E-state index contributed by atoms with van der Waals surface area (Å²) < 4.78 is 0. The Morgan fingerprint density at radius 1 is 0.649 bits per heavy atom. The van der Waals surface area contributed by atoms with Crippen molar-refractivity contribution in [1.29, 1.82) is 0 Å². The van der Waals surface area contributed by atoms with Crippen LogP contribution in [0, 0.1) is 88.8 Å². The third-order valence-electron chi connectivity index (χ3n) is 18.7. The zero-order valence-corrected chi connectivity index (χ0v) is 39.4. The largest absolute Gasteiger partial charge is 0.393 e. The molecule has 328 valence electrons. The van der Waals surface area contributed by atoms with Crippen molar-refractivity contribution in [1.82, 2.24) is 0 Å². The summed E-state index contributed by atoms with van der Waals surface area (Å²) >= 11 is 0. The molecule has 5 aliphatic carbocycles. The molecule has 0 amide bonds. The van der Waals surface area contributed by atoms with E-state index >= 15 is 0 Å². The minimum atomic E-state index is -0.199. The molecule has 1 heteroatoms. The quantitative estimate of drug-likeness (QED) is 0.0740. The fourth-order valence-electron chi connectivity index (χ4n) is 15.2. The zero-order chi connectivity index (χ0) is 41.1. The van der Waals surface area contributed by atoms with Crippen LogP contribution in [0.5, 0.6) is 0 Å². The molecule has 0 radical (unpaired) electrons. The third kappa shape index (κ3) is 12.4. The van der Waals surface area contributed by atoms with Gasteiger partial charge in [0.05, 0.1) is 6.10 Å². The van der Waals surface area contributed by atoms with Crippen molar-refractivity contribution in [2.75, 3.05) is 0 Å². The molecule has 1 nitrogen and oxygen atoms in total. The topological polar surface area (TPSA) is 20.2 Å². The van der Waals surface area contributed by atoms with Crippen LogP contribution in [0.4, 0.5) is 0 Å². The molecule has 5 rings (SSSR count). The molecule has 0 aromatic rings. The van der Waals surface area contributed by atoms with Crippen molar-refractivity contribution >= 4 is 0 Å². The van der Waals surface area contributed by atoms with Crippen LogP contribution in [0.25, 0.3) is 0 Å². The van der Waals surface area contributed by atoms with Crippen LogP contribution < -0.4 is 0 Å². The highest BCUT2D eigenvalue weighted by molar-refractivity contribution is 5.32. The fraction of sp³-hybridized carbons (Fsp3) is 0.893. The molecular weight excluding hydrogens is 689 g/mol. The maximum atomic E-state index is 12.9. The van der Waals surface area contributed by atoms with Crippen molar-refractivity contribution in [3.05, 3.63) is 36.5 Å². The lowest BCUT2D eigenvalue weighted by Gasteiger charge is -2.43. The van der Waals surface area contributed by atoms with E-state index in [1.54, 1.807) is 0 Å². The van der Waals surface area contributed by atoms with E-state index in [0.29, 0.717) is 47.3 Å². The second-order valence-electron chi connectivity index (χ2n) is 22.4. The smallest absolute Gasteiger partial charge is 0.0607 e. The molecule has 5 aliphatic rings. The molecule has 0 saturated heterocycles. The lowest BCUT2D eigenvalue weighted by Crippen LogP contribution is -2.41.